The largest absolute Gasteiger partial charge is 0.388 e. The van der Waals surface area contributed by atoms with E-state index in [2.05, 4.69) is 41.9 Å². The fourth-order valence-electron chi connectivity index (χ4n) is 4.03. The van der Waals surface area contributed by atoms with Gasteiger partial charge >= 0.3 is 0 Å². The maximum atomic E-state index is 10.7. The quantitative estimate of drug-likeness (QED) is 0.850. The van der Waals surface area contributed by atoms with E-state index in [4.69, 9.17) is 0 Å². The van der Waals surface area contributed by atoms with Crippen LogP contribution < -0.4 is 0 Å². The Labute approximate surface area is 118 Å². The Balaban J connectivity index is 1.88. The highest BCUT2D eigenvalue weighted by Crippen LogP contribution is 2.52. The van der Waals surface area contributed by atoms with Gasteiger partial charge in [-0.15, -0.1) is 0 Å². The third kappa shape index (κ3) is 2.04. The van der Waals surface area contributed by atoms with Gasteiger partial charge in [0.05, 0.1) is 6.10 Å². The van der Waals surface area contributed by atoms with Crippen molar-refractivity contribution in [2.75, 3.05) is 0 Å². The van der Waals surface area contributed by atoms with Crippen molar-refractivity contribution in [1.29, 1.82) is 0 Å². The first-order valence-electron chi connectivity index (χ1n) is 7.01. The Morgan fingerprint density at radius 1 is 1.17 bits per heavy atom. The lowest BCUT2D eigenvalue weighted by molar-refractivity contribution is 0.0739. The highest BCUT2D eigenvalue weighted by Gasteiger charge is 2.43. The fourth-order valence-corrected chi connectivity index (χ4v) is 4.49. The van der Waals surface area contributed by atoms with E-state index in [9.17, 15) is 5.11 Å². The molecule has 2 saturated carbocycles. The molecule has 1 N–H and O–H groups in total. The van der Waals surface area contributed by atoms with Crippen molar-refractivity contribution in [3.8, 4) is 0 Å². The summed E-state index contributed by atoms with van der Waals surface area (Å²) < 4.78 is 1.14. The predicted octanol–water partition coefficient (Wildman–Crippen LogP) is 4.54. The monoisotopic (exact) mass is 308 g/mol. The topological polar surface area (TPSA) is 20.2 Å². The van der Waals surface area contributed by atoms with Crippen LogP contribution >= 0.6 is 15.9 Å². The molecule has 0 heterocycles. The minimum absolute atomic E-state index is 0.257. The summed E-state index contributed by atoms with van der Waals surface area (Å²) in [5.74, 6) is 2.17. The lowest BCUT2D eigenvalue weighted by atomic mass is 9.81. The second kappa shape index (κ2) is 4.64. The molecule has 2 heteroatoms. The van der Waals surface area contributed by atoms with E-state index in [0.29, 0.717) is 5.92 Å². The molecule has 2 aliphatic carbocycles. The van der Waals surface area contributed by atoms with Gasteiger partial charge in [0.1, 0.15) is 0 Å². The molecule has 0 saturated heterocycles. The molecule has 2 bridgehead atoms. The van der Waals surface area contributed by atoms with Gasteiger partial charge < -0.3 is 5.11 Å². The minimum atomic E-state index is -0.257. The van der Waals surface area contributed by atoms with E-state index in [0.717, 1.165) is 21.9 Å². The van der Waals surface area contributed by atoms with Crippen molar-refractivity contribution in [2.24, 2.45) is 17.8 Å². The molecule has 4 atom stereocenters. The Hall–Kier alpha value is -0.340. The van der Waals surface area contributed by atoms with Crippen LogP contribution in [0, 0.1) is 31.6 Å². The number of halogens is 1. The number of rotatable bonds is 2. The highest BCUT2D eigenvalue weighted by molar-refractivity contribution is 9.10. The molecular weight excluding hydrogens is 288 g/mol. The summed E-state index contributed by atoms with van der Waals surface area (Å²) in [4.78, 5) is 0. The zero-order chi connectivity index (χ0) is 12.9. The van der Waals surface area contributed by atoms with Crippen LogP contribution in [0.5, 0.6) is 0 Å². The number of hydrogen-bond acceptors (Lipinski definition) is 1. The second-order valence-corrected chi connectivity index (χ2v) is 7.10. The van der Waals surface area contributed by atoms with Crippen LogP contribution in [-0.4, -0.2) is 5.11 Å². The molecule has 98 valence electrons. The van der Waals surface area contributed by atoms with Crippen molar-refractivity contribution in [2.45, 2.75) is 45.6 Å². The summed E-state index contributed by atoms with van der Waals surface area (Å²) in [6.07, 6.45) is 5.07. The van der Waals surface area contributed by atoms with Crippen molar-refractivity contribution < 1.29 is 5.11 Å². The Morgan fingerprint density at radius 3 is 2.56 bits per heavy atom. The van der Waals surface area contributed by atoms with Crippen molar-refractivity contribution in [3.05, 3.63) is 33.3 Å². The molecule has 0 aliphatic heterocycles. The standard InChI is InChI=1S/C16H21BrO/c1-9-6-15(17)10(2)5-13(9)16(18)14-8-11-3-4-12(14)7-11/h5-6,11-12,14,16,18H,3-4,7-8H2,1-2H3. The van der Waals surface area contributed by atoms with Crippen LogP contribution in [-0.2, 0) is 0 Å². The Bertz CT molecular complexity index is 468. The zero-order valence-electron chi connectivity index (χ0n) is 11.1. The van der Waals surface area contributed by atoms with E-state index in [1.54, 1.807) is 0 Å². The average molecular weight is 309 g/mol. The van der Waals surface area contributed by atoms with Crippen LogP contribution in [0.1, 0.15) is 48.5 Å². The summed E-state index contributed by atoms with van der Waals surface area (Å²) >= 11 is 3.56. The first-order chi connectivity index (χ1) is 8.56. The maximum absolute atomic E-state index is 10.7. The lowest BCUT2D eigenvalue weighted by Gasteiger charge is -2.28. The first-order valence-corrected chi connectivity index (χ1v) is 7.80. The minimum Gasteiger partial charge on any atom is -0.388 e. The summed E-state index contributed by atoms with van der Waals surface area (Å²) in [5, 5.41) is 10.7. The molecule has 0 aromatic heterocycles. The number of hydrogen-bond donors (Lipinski definition) is 1. The van der Waals surface area contributed by atoms with E-state index in [1.807, 2.05) is 0 Å². The average Bonchev–Trinajstić information content (AvgIpc) is 2.95. The highest BCUT2D eigenvalue weighted by atomic mass is 79.9. The Kier molecular flexibility index (Phi) is 3.27. The van der Waals surface area contributed by atoms with Crippen molar-refractivity contribution in [1.82, 2.24) is 0 Å². The number of fused-ring (bicyclic) bond motifs is 2. The van der Waals surface area contributed by atoms with Crippen LogP contribution in [0.2, 0.25) is 0 Å². The van der Waals surface area contributed by atoms with E-state index in [-0.39, 0.29) is 6.10 Å². The molecular formula is C16H21BrO. The van der Waals surface area contributed by atoms with Gasteiger partial charge in [0, 0.05) is 4.47 Å². The molecule has 3 rings (SSSR count). The molecule has 1 nitrogen and oxygen atoms in total. The molecule has 0 spiro atoms. The SMILES string of the molecule is Cc1cc(C(O)C2CC3CCC2C3)c(C)cc1Br. The van der Waals surface area contributed by atoms with Gasteiger partial charge in [0.15, 0.2) is 0 Å². The first kappa shape index (κ1) is 12.7. The maximum Gasteiger partial charge on any atom is 0.0823 e. The Morgan fingerprint density at radius 2 is 1.94 bits per heavy atom. The second-order valence-electron chi connectivity index (χ2n) is 6.24. The van der Waals surface area contributed by atoms with E-state index < -0.39 is 0 Å². The predicted molar refractivity (Wildman–Crippen MR) is 77.5 cm³/mol. The van der Waals surface area contributed by atoms with Gasteiger partial charge in [-0.3, -0.25) is 0 Å². The lowest BCUT2D eigenvalue weighted by Crippen LogP contribution is -2.20. The number of aliphatic hydroxyl groups is 1. The number of aliphatic hydroxyl groups excluding tert-OH is 1. The normalized spacial score (nSPS) is 31.9. The van der Waals surface area contributed by atoms with Gasteiger partial charge in [-0.2, -0.15) is 0 Å². The van der Waals surface area contributed by atoms with Gasteiger partial charge in [-0.05, 0) is 73.6 Å². The number of benzene rings is 1. The smallest absolute Gasteiger partial charge is 0.0823 e. The summed E-state index contributed by atoms with van der Waals surface area (Å²) in [5.41, 5.74) is 3.58. The van der Waals surface area contributed by atoms with Crippen LogP contribution in [0.15, 0.2) is 16.6 Å². The fraction of sp³-hybridized carbons (Fsp3) is 0.625. The molecule has 2 fully saturated rings. The third-order valence-corrected chi connectivity index (χ3v) is 5.92. The van der Waals surface area contributed by atoms with Gasteiger partial charge in [0.2, 0.25) is 0 Å². The number of aryl methyl sites for hydroxylation is 2. The summed E-state index contributed by atoms with van der Waals surface area (Å²) in [6, 6.07) is 4.30. The molecule has 0 amide bonds. The van der Waals surface area contributed by atoms with Crippen LogP contribution in [0.25, 0.3) is 0 Å². The van der Waals surface area contributed by atoms with E-state index in [1.165, 1.54) is 36.8 Å². The molecule has 2 aliphatic rings. The molecule has 0 radical (unpaired) electrons. The molecule has 1 aromatic carbocycles. The van der Waals surface area contributed by atoms with Gasteiger partial charge in [-0.1, -0.05) is 28.4 Å². The summed E-state index contributed by atoms with van der Waals surface area (Å²) in [6.45, 7) is 4.20. The third-order valence-electron chi connectivity index (χ3n) is 5.06. The molecule has 1 aromatic rings. The van der Waals surface area contributed by atoms with Gasteiger partial charge in [0.25, 0.3) is 0 Å². The van der Waals surface area contributed by atoms with Gasteiger partial charge in [-0.25, -0.2) is 0 Å². The van der Waals surface area contributed by atoms with Crippen LogP contribution in [0.4, 0.5) is 0 Å². The van der Waals surface area contributed by atoms with E-state index >= 15 is 0 Å². The zero-order valence-corrected chi connectivity index (χ0v) is 12.7. The van der Waals surface area contributed by atoms with Crippen molar-refractivity contribution >= 4 is 15.9 Å². The summed E-state index contributed by atoms with van der Waals surface area (Å²) in [7, 11) is 0. The van der Waals surface area contributed by atoms with Crippen molar-refractivity contribution in [3.63, 3.8) is 0 Å². The molecule has 18 heavy (non-hydrogen) atoms. The molecule has 4 unspecified atom stereocenters. The van der Waals surface area contributed by atoms with Crippen LogP contribution in [0.3, 0.4) is 0 Å².